The largest absolute Gasteiger partial charge is 0.389 e. The summed E-state index contributed by atoms with van der Waals surface area (Å²) < 4.78 is 5.02. The molecule has 0 spiro atoms. The highest BCUT2D eigenvalue weighted by atomic mass is 16.5. The van der Waals surface area contributed by atoms with Crippen LogP contribution in [0.4, 0.5) is 0 Å². The number of ether oxygens (including phenoxy) is 1. The number of methoxy groups -OCH3 is 1. The summed E-state index contributed by atoms with van der Waals surface area (Å²) in [5, 5.41) is 17.3. The van der Waals surface area contributed by atoms with E-state index in [1.54, 1.807) is 7.11 Å². The molecule has 0 amide bonds. The van der Waals surface area contributed by atoms with E-state index >= 15 is 0 Å². The lowest BCUT2D eigenvalue weighted by atomic mass is 10.0. The lowest BCUT2D eigenvalue weighted by Gasteiger charge is -2.27. The summed E-state index contributed by atoms with van der Waals surface area (Å²) in [6.07, 6.45) is 7.11. The highest BCUT2D eigenvalue weighted by Gasteiger charge is 2.21. The van der Waals surface area contributed by atoms with E-state index in [0.717, 1.165) is 13.0 Å². The van der Waals surface area contributed by atoms with Gasteiger partial charge in [0, 0.05) is 38.8 Å². The van der Waals surface area contributed by atoms with Crippen LogP contribution in [-0.4, -0.2) is 49.6 Å². The van der Waals surface area contributed by atoms with Gasteiger partial charge >= 0.3 is 0 Å². The predicted molar refractivity (Wildman–Crippen MR) is 79.5 cm³/mol. The first-order valence-electron chi connectivity index (χ1n) is 7.71. The highest BCUT2D eigenvalue weighted by molar-refractivity contribution is 4.80. The number of hydrogen-bond donors (Lipinski definition) is 3. The van der Waals surface area contributed by atoms with E-state index in [1.165, 1.54) is 25.7 Å². The molecule has 0 aromatic heterocycles. The van der Waals surface area contributed by atoms with Gasteiger partial charge in [0.1, 0.15) is 0 Å². The molecule has 4 heteroatoms. The first kappa shape index (κ1) is 16.9. The Morgan fingerprint density at radius 1 is 1.42 bits per heavy atom. The van der Waals surface area contributed by atoms with Crippen molar-refractivity contribution >= 4 is 0 Å². The fraction of sp³-hybridized carbons (Fsp3) is 1.00. The van der Waals surface area contributed by atoms with Gasteiger partial charge < -0.3 is 20.5 Å². The monoisotopic (exact) mass is 272 g/mol. The highest BCUT2D eigenvalue weighted by Crippen LogP contribution is 2.13. The van der Waals surface area contributed by atoms with Crippen molar-refractivity contribution in [1.29, 1.82) is 0 Å². The van der Waals surface area contributed by atoms with Gasteiger partial charge in [-0.25, -0.2) is 0 Å². The average molecular weight is 272 g/mol. The molecule has 4 nitrogen and oxygen atoms in total. The van der Waals surface area contributed by atoms with Gasteiger partial charge in [-0.2, -0.15) is 0 Å². The Balaban J connectivity index is 2.20. The molecule has 1 heterocycles. The molecule has 1 fully saturated rings. The lowest BCUT2D eigenvalue weighted by Crippen LogP contribution is -2.44. The van der Waals surface area contributed by atoms with Crippen LogP contribution in [0.5, 0.6) is 0 Å². The van der Waals surface area contributed by atoms with Crippen molar-refractivity contribution in [2.75, 3.05) is 26.8 Å². The minimum atomic E-state index is -0.679. The summed E-state index contributed by atoms with van der Waals surface area (Å²) in [6.45, 7) is 6.47. The maximum absolute atomic E-state index is 10.2. The van der Waals surface area contributed by atoms with Gasteiger partial charge in [0.05, 0.1) is 5.60 Å². The summed E-state index contributed by atoms with van der Waals surface area (Å²) in [4.78, 5) is 0. The van der Waals surface area contributed by atoms with Crippen molar-refractivity contribution < 1.29 is 9.84 Å². The fourth-order valence-corrected chi connectivity index (χ4v) is 2.62. The molecular formula is C15H32N2O2. The fourth-order valence-electron chi connectivity index (χ4n) is 2.62. The van der Waals surface area contributed by atoms with E-state index in [-0.39, 0.29) is 0 Å². The molecule has 3 unspecified atom stereocenters. The third-order valence-corrected chi connectivity index (χ3v) is 3.98. The Bertz CT molecular complexity index is 226. The Morgan fingerprint density at radius 2 is 2.21 bits per heavy atom. The molecule has 0 saturated carbocycles. The second-order valence-corrected chi connectivity index (χ2v) is 6.26. The van der Waals surface area contributed by atoms with Crippen LogP contribution < -0.4 is 10.6 Å². The van der Waals surface area contributed by atoms with Crippen LogP contribution >= 0.6 is 0 Å². The van der Waals surface area contributed by atoms with Crippen LogP contribution in [0.25, 0.3) is 0 Å². The number of rotatable bonds is 8. The molecular weight excluding hydrogens is 240 g/mol. The van der Waals surface area contributed by atoms with Gasteiger partial charge in [0.2, 0.25) is 0 Å². The number of hydrogen-bond acceptors (Lipinski definition) is 4. The van der Waals surface area contributed by atoms with Gasteiger partial charge in [0.15, 0.2) is 0 Å². The van der Waals surface area contributed by atoms with Gasteiger partial charge in [-0.1, -0.05) is 12.8 Å². The third kappa shape index (κ3) is 7.88. The molecule has 1 rings (SSSR count). The molecule has 3 N–H and O–H groups in total. The molecule has 1 aliphatic rings. The first-order chi connectivity index (χ1) is 9.03. The van der Waals surface area contributed by atoms with Crippen molar-refractivity contribution in [3.63, 3.8) is 0 Å². The third-order valence-electron chi connectivity index (χ3n) is 3.98. The van der Waals surface area contributed by atoms with Gasteiger partial charge in [0.25, 0.3) is 0 Å². The standard InChI is InChI=1S/C15H32N2O2/c1-13(11-14-7-5-4-6-9-16-14)17-12-15(2,18)8-10-19-3/h13-14,16-18H,4-12H2,1-3H3. The summed E-state index contributed by atoms with van der Waals surface area (Å²) in [5.74, 6) is 0. The normalized spacial score (nSPS) is 25.6. The minimum Gasteiger partial charge on any atom is -0.389 e. The van der Waals surface area contributed by atoms with Crippen molar-refractivity contribution in [3.05, 3.63) is 0 Å². The van der Waals surface area contributed by atoms with Crippen LogP contribution in [0.15, 0.2) is 0 Å². The molecule has 3 atom stereocenters. The minimum absolute atomic E-state index is 0.435. The zero-order valence-corrected chi connectivity index (χ0v) is 12.9. The molecule has 0 aliphatic carbocycles. The zero-order valence-electron chi connectivity index (χ0n) is 12.9. The topological polar surface area (TPSA) is 53.5 Å². The van der Waals surface area contributed by atoms with Gasteiger partial charge in [-0.05, 0) is 39.7 Å². The van der Waals surface area contributed by atoms with Crippen LogP contribution in [0.2, 0.25) is 0 Å². The summed E-state index contributed by atoms with van der Waals surface area (Å²) >= 11 is 0. The summed E-state index contributed by atoms with van der Waals surface area (Å²) in [7, 11) is 1.67. The van der Waals surface area contributed by atoms with Crippen LogP contribution in [0, 0.1) is 0 Å². The zero-order chi connectivity index (χ0) is 14.1. The van der Waals surface area contributed by atoms with Crippen LogP contribution in [-0.2, 0) is 4.74 Å². The van der Waals surface area contributed by atoms with Gasteiger partial charge in [-0.15, -0.1) is 0 Å². The van der Waals surface area contributed by atoms with Gasteiger partial charge in [-0.3, -0.25) is 0 Å². The first-order valence-corrected chi connectivity index (χ1v) is 7.71. The Morgan fingerprint density at radius 3 is 2.95 bits per heavy atom. The maximum atomic E-state index is 10.2. The second-order valence-electron chi connectivity index (χ2n) is 6.26. The van der Waals surface area contributed by atoms with Crippen molar-refractivity contribution in [2.45, 2.75) is 70.1 Å². The Labute approximate surface area is 118 Å². The Hall–Kier alpha value is -0.160. The van der Waals surface area contributed by atoms with Crippen LogP contribution in [0.1, 0.15) is 52.4 Å². The summed E-state index contributed by atoms with van der Waals surface area (Å²) in [6, 6.07) is 1.07. The molecule has 0 aromatic rings. The number of aliphatic hydroxyl groups is 1. The quantitative estimate of drug-likeness (QED) is 0.629. The van der Waals surface area contributed by atoms with E-state index in [4.69, 9.17) is 4.74 Å². The smallest absolute Gasteiger partial charge is 0.0765 e. The van der Waals surface area contributed by atoms with E-state index in [1.807, 2.05) is 6.92 Å². The average Bonchev–Trinajstić information content (AvgIpc) is 2.63. The molecule has 0 aromatic carbocycles. The number of nitrogens with one attached hydrogen (secondary N) is 2. The summed E-state index contributed by atoms with van der Waals surface area (Å²) in [5.41, 5.74) is -0.679. The molecule has 114 valence electrons. The Kier molecular flexibility index (Phi) is 7.91. The second kappa shape index (κ2) is 8.90. The SMILES string of the molecule is COCCC(C)(O)CNC(C)CC1CCCCCN1. The molecule has 1 aliphatic heterocycles. The molecule has 19 heavy (non-hydrogen) atoms. The van der Waals surface area contributed by atoms with Crippen molar-refractivity contribution in [1.82, 2.24) is 10.6 Å². The van der Waals surface area contributed by atoms with Crippen molar-refractivity contribution in [2.24, 2.45) is 0 Å². The molecule has 0 bridgehead atoms. The maximum Gasteiger partial charge on any atom is 0.0765 e. The van der Waals surface area contributed by atoms with E-state index in [2.05, 4.69) is 17.6 Å². The van der Waals surface area contributed by atoms with Crippen molar-refractivity contribution in [3.8, 4) is 0 Å². The predicted octanol–water partition coefficient (Wildman–Crippen LogP) is 1.67. The lowest BCUT2D eigenvalue weighted by molar-refractivity contribution is 0.0227. The molecule has 0 radical (unpaired) electrons. The van der Waals surface area contributed by atoms with E-state index < -0.39 is 5.60 Å². The van der Waals surface area contributed by atoms with E-state index in [0.29, 0.717) is 31.7 Å². The van der Waals surface area contributed by atoms with Crippen LogP contribution in [0.3, 0.4) is 0 Å². The molecule has 1 saturated heterocycles. The van der Waals surface area contributed by atoms with E-state index in [9.17, 15) is 5.11 Å².